The molecule has 0 spiro atoms. The molecule has 1 fully saturated rings. The molecule has 5 rings (SSSR count). The maximum atomic E-state index is 13.5. The molecule has 0 bridgehead atoms. The summed E-state index contributed by atoms with van der Waals surface area (Å²) in [5.74, 6) is -0.130. The lowest BCUT2D eigenvalue weighted by molar-refractivity contribution is 0.0789. The summed E-state index contributed by atoms with van der Waals surface area (Å²) in [7, 11) is 0. The smallest absolute Gasteiger partial charge is 0.259 e. The lowest BCUT2D eigenvalue weighted by atomic mass is 10.0. The molecule has 2 aliphatic rings. The Morgan fingerprint density at radius 3 is 2.58 bits per heavy atom. The van der Waals surface area contributed by atoms with E-state index >= 15 is 0 Å². The number of fused-ring (bicyclic) bond motifs is 3. The summed E-state index contributed by atoms with van der Waals surface area (Å²) in [4.78, 5) is 32.0. The van der Waals surface area contributed by atoms with Crippen molar-refractivity contribution in [3.63, 3.8) is 0 Å². The molecule has 1 saturated heterocycles. The van der Waals surface area contributed by atoms with Gasteiger partial charge in [0.05, 0.1) is 5.69 Å². The number of thiophene rings is 1. The van der Waals surface area contributed by atoms with Crippen molar-refractivity contribution in [1.29, 1.82) is 0 Å². The summed E-state index contributed by atoms with van der Waals surface area (Å²) in [5, 5.41) is 0.791. The number of aryl methyl sites for hydroxylation is 2. The number of rotatable bonds is 2. The Hall–Kier alpha value is -2.02. The molecule has 0 N–H and O–H groups in total. The van der Waals surface area contributed by atoms with Gasteiger partial charge in [-0.3, -0.25) is 9.59 Å². The zero-order chi connectivity index (χ0) is 21.7. The first-order chi connectivity index (χ1) is 14.9. The van der Waals surface area contributed by atoms with E-state index in [1.54, 1.807) is 29.2 Å². The van der Waals surface area contributed by atoms with E-state index in [0.717, 1.165) is 47.9 Å². The highest BCUT2D eigenvalue weighted by molar-refractivity contribution is 7.99. The summed E-state index contributed by atoms with van der Waals surface area (Å²) >= 11 is 9.89. The predicted molar refractivity (Wildman–Crippen MR) is 128 cm³/mol. The summed E-state index contributed by atoms with van der Waals surface area (Å²) in [5.41, 5.74) is 2.78. The van der Waals surface area contributed by atoms with Crippen LogP contribution in [0.25, 0.3) is 5.69 Å². The van der Waals surface area contributed by atoms with Crippen LogP contribution in [0.15, 0.2) is 46.1 Å². The molecule has 2 aromatic heterocycles. The monoisotopic (exact) mass is 470 g/mol. The van der Waals surface area contributed by atoms with Gasteiger partial charge in [-0.05, 0) is 57.0 Å². The molecular formula is C24H23ClN2O2S2. The van der Waals surface area contributed by atoms with Crippen molar-refractivity contribution in [3.05, 3.63) is 78.3 Å². The minimum absolute atomic E-state index is 0.107. The van der Waals surface area contributed by atoms with Gasteiger partial charge in [0.25, 0.3) is 5.91 Å². The van der Waals surface area contributed by atoms with Crippen molar-refractivity contribution in [2.75, 3.05) is 13.1 Å². The van der Waals surface area contributed by atoms with Gasteiger partial charge in [0.2, 0.25) is 0 Å². The lowest BCUT2D eigenvalue weighted by Gasteiger charge is -2.22. The summed E-state index contributed by atoms with van der Waals surface area (Å²) in [6.45, 7) is 5.49. The fourth-order valence-corrected chi connectivity index (χ4v) is 7.15. The second kappa shape index (κ2) is 8.15. The van der Waals surface area contributed by atoms with E-state index < -0.39 is 0 Å². The van der Waals surface area contributed by atoms with E-state index in [1.807, 2.05) is 30.0 Å². The Morgan fingerprint density at radius 2 is 1.87 bits per heavy atom. The zero-order valence-corrected chi connectivity index (χ0v) is 19.9. The highest BCUT2D eigenvalue weighted by atomic mass is 35.5. The number of halogens is 1. The van der Waals surface area contributed by atoms with Crippen LogP contribution in [0.1, 0.15) is 49.6 Å². The average Bonchev–Trinajstić information content (AvgIpc) is 3.37. The molecule has 0 aliphatic carbocycles. The molecule has 1 unspecified atom stereocenters. The first kappa shape index (κ1) is 20.9. The normalized spacial score (nSPS) is 17.9. The standard InChI is InChI=1S/C24H23ClN2O2S2/c1-14-11-19(28)23(24(29)26-9-3-4-10-26)18-13-22(20-8-5-15(2)30-20)31-21-12-16(25)6-7-17(21)27(14)18/h5-8,11-12,22H,3-4,9-10,13H2,1-2H3. The van der Waals surface area contributed by atoms with Crippen LogP contribution in [-0.2, 0) is 6.42 Å². The fraction of sp³-hybridized carbons (Fsp3) is 0.333. The number of hydrogen-bond donors (Lipinski definition) is 0. The second-order valence-electron chi connectivity index (χ2n) is 8.18. The van der Waals surface area contributed by atoms with Gasteiger partial charge in [-0.1, -0.05) is 11.6 Å². The molecule has 4 nitrogen and oxygen atoms in total. The topological polar surface area (TPSA) is 42.3 Å². The molecule has 0 radical (unpaired) electrons. The number of carbonyl (C=O) groups is 1. The molecule has 31 heavy (non-hydrogen) atoms. The molecular weight excluding hydrogens is 448 g/mol. The van der Waals surface area contributed by atoms with Gasteiger partial charge in [0.1, 0.15) is 5.56 Å². The van der Waals surface area contributed by atoms with E-state index in [9.17, 15) is 9.59 Å². The van der Waals surface area contributed by atoms with E-state index in [0.29, 0.717) is 17.0 Å². The third-order valence-corrected chi connectivity index (χ3v) is 8.78. The third-order valence-electron chi connectivity index (χ3n) is 5.99. The number of thioether (sulfide) groups is 1. The first-order valence-corrected chi connectivity index (χ1v) is 12.6. The van der Waals surface area contributed by atoms with Crippen LogP contribution in [-0.4, -0.2) is 28.5 Å². The number of nitrogens with zero attached hydrogens (tertiary/aromatic N) is 2. The maximum Gasteiger partial charge on any atom is 0.259 e. The van der Waals surface area contributed by atoms with Crippen molar-refractivity contribution in [3.8, 4) is 5.69 Å². The molecule has 7 heteroatoms. The molecule has 1 amide bonds. The number of benzene rings is 1. The molecule has 1 aromatic carbocycles. The Kier molecular flexibility index (Phi) is 5.49. The van der Waals surface area contributed by atoms with Gasteiger partial charge in [0, 0.05) is 61.9 Å². The van der Waals surface area contributed by atoms with Crippen LogP contribution < -0.4 is 5.43 Å². The first-order valence-electron chi connectivity index (χ1n) is 10.5. The average molecular weight is 471 g/mol. The largest absolute Gasteiger partial charge is 0.338 e. The van der Waals surface area contributed by atoms with Crippen molar-refractivity contribution in [2.45, 2.75) is 43.3 Å². The number of pyridine rings is 1. The number of carbonyl (C=O) groups excluding carboxylic acids is 1. The molecule has 1 atom stereocenters. The molecule has 3 aromatic rings. The van der Waals surface area contributed by atoms with Crippen LogP contribution in [0, 0.1) is 13.8 Å². The third kappa shape index (κ3) is 3.75. The predicted octanol–water partition coefficient (Wildman–Crippen LogP) is 5.79. The minimum Gasteiger partial charge on any atom is -0.338 e. The molecule has 160 valence electrons. The second-order valence-corrected chi connectivity index (χ2v) is 11.2. The highest BCUT2D eigenvalue weighted by Gasteiger charge is 2.32. The van der Waals surface area contributed by atoms with Crippen LogP contribution in [0.5, 0.6) is 0 Å². The van der Waals surface area contributed by atoms with E-state index in [2.05, 4.69) is 23.6 Å². The number of hydrogen-bond acceptors (Lipinski definition) is 4. The van der Waals surface area contributed by atoms with Gasteiger partial charge >= 0.3 is 0 Å². The lowest BCUT2D eigenvalue weighted by Crippen LogP contribution is -2.34. The Balaban J connectivity index is 1.76. The summed E-state index contributed by atoms with van der Waals surface area (Å²) in [6, 6.07) is 11.8. The van der Waals surface area contributed by atoms with Crippen LogP contribution in [0.3, 0.4) is 0 Å². The maximum absolute atomic E-state index is 13.5. The fourth-order valence-electron chi connectivity index (χ4n) is 4.55. The Morgan fingerprint density at radius 1 is 1.10 bits per heavy atom. The van der Waals surface area contributed by atoms with E-state index in [1.165, 1.54) is 9.75 Å². The van der Waals surface area contributed by atoms with Gasteiger partial charge in [-0.2, -0.15) is 0 Å². The van der Waals surface area contributed by atoms with Crippen LogP contribution in [0.2, 0.25) is 5.02 Å². The summed E-state index contributed by atoms with van der Waals surface area (Å²) in [6.07, 6.45) is 2.60. The van der Waals surface area contributed by atoms with Gasteiger partial charge in [0.15, 0.2) is 5.43 Å². The van der Waals surface area contributed by atoms with Crippen molar-refractivity contribution in [1.82, 2.24) is 9.47 Å². The number of amides is 1. The zero-order valence-electron chi connectivity index (χ0n) is 17.5. The van der Waals surface area contributed by atoms with Crippen LogP contribution >= 0.6 is 34.7 Å². The SMILES string of the molecule is Cc1ccc(C2Cc3c(C(=O)N4CCCC4)c(=O)cc(C)n3-c3ccc(Cl)cc3S2)s1. The van der Waals surface area contributed by atoms with Crippen LogP contribution in [0.4, 0.5) is 0 Å². The minimum atomic E-state index is -0.177. The van der Waals surface area contributed by atoms with Crippen molar-refractivity contribution in [2.24, 2.45) is 0 Å². The molecule has 0 saturated carbocycles. The van der Waals surface area contributed by atoms with Crippen molar-refractivity contribution < 1.29 is 4.79 Å². The quantitative estimate of drug-likeness (QED) is 0.475. The molecule has 4 heterocycles. The van der Waals surface area contributed by atoms with Gasteiger partial charge in [-0.25, -0.2) is 0 Å². The Labute approximate surface area is 194 Å². The van der Waals surface area contributed by atoms with Gasteiger partial charge < -0.3 is 9.47 Å². The Bertz CT molecular complexity index is 1240. The highest BCUT2D eigenvalue weighted by Crippen LogP contribution is 2.46. The van der Waals surface area contributed by atoms with E-state index in [-0.39, 0.29) is 16.6 Å². The van der Waals surface area contributed by atoms with Crippen molar-refractivity contribution >= 4 is 40.6 Å². The van der Waals surface area contributed by atoms with Gasteiger partial charge in [-0.15, -0.1) is 23.1 Å². The number of aromatic nitrogens is 1. The van der Waals surface area contributed by atoms with E-state index in [4.69, 9.17) is 11.6 Å². The molecule has 2 aliphatic heterocycles. The summed E-state index contributed by atoms with van der Waals surface area (Å²) < 4.78 is 2.10. The number of likely N-dealkylation sites (tertiary alicyclic amines) is 1.